The van der Waals surface area contributed by atoms with Crippen LogP contribution in [-0.4, -0.2) is 36.8 Å². The highest BCUT2D eigenvalue weighted by Gasteiger charge is 2.37. The number of ether oxygens (including phenoxy) is 1. The molecule has 1 aliphatic rings. The Bertz CT molecular complexity index is 1020. The zero-order chi connectivity index (χ0) is 22.5. The van der Waals surface area contributed by atoms with Gasteiger partial charge in [-0.2, -0.15) is 0 Å². The number of benzene rings is 2. The summed E-state index contributed by atoms with van der Waals surface area (Å²) in [6.45, 7) is 3.41. The molecule has 2 aromatic rings. The van der Waals surface area contributed by atoms with Crippen LogP contribution in [0.5, 0.6) is 0 Å². The molecule has 0 aromatic heterocycles. The number of carbonyl (C=O) groups excluding carboxylic acids is 4. The third-order valence-electron chi connectivity index (χ3n) is 4.95. The van der Waals surface area contributed by atoms with Crippen LogP contribution in [-0.2, 0) is 19.1 Å². The number of anilines is 1. The number of amides is 3. The van der Waals surface area contributed by atoms with Gasteiger partial charge in [-0.05, 0) is 37.1 Å². The van der Waals surface area contributed by atoms with Crippen LogP contribution >= 0.6 is 11.6 Å². The van der Waals surface area contributed by atoms with Crippen molar-refractivity contribution in [3.8, 4) is 0 Å². The maximum Gasteiger partial charge on any atom is 0.311 e. The van der Waals surface area contributed by atoms with E-state index in [1.165, 1.54) is 6.07 Å². The minimum absolute atomic E-state index is 0.0114. The summed E-state index contributed by atoms with van der Waals surface area (Å²) >= 11 is 5.92. The first-order chi connectivity index (χ1) is 14.8. The fourth-order valence-electron chi connectivity index (χ4n) is 3.44. The molecule has 0 aliphatic carbocycles. The van der Waals surface area contributed by atoms with Crippen molar-refractivity contribution in [3.63, 3.8) is 0 Å². The van der Waals surface area contributed by atoms with E-state index in [0.29, 0.717) is 0 Å². The smallest absolute Gasteiger partial charge is 0.311 e. The molecule has 162 valence electrons. The molecule has 31 heavy (non-hydrogen) atoms. The number of rotatable bonds is 5. The van der Waals surface area contributed by atoms with Gasteiger partial charge in [0, 0.05) is 18.7 Å². The first kappa shape index (κ1) is 22.3. The van der Waals surface area contributed by atoms with Crippen molar-refractivity contribution >= 4 is 41.0 Å². The molecule has 3 rings (SSSR count). The molecule has 0 radical (unpaired) electrons. The van der Waals surface area contributed by atoms with Crippen LogP contribution in [0.2, 0.25) is 5.02 Å². The third-order valence-corrected chi connectivity index (χ3v) is 5.28. The molecule has 1 saturated heterocycles. The molecule has 1 atom stereocenters. The van der Waals surface area contributed by atoms with Crippen molar-refractivity contribution in [2.24, 2.45) is 5.92 Å². The van der Waals surface area contributed by atoms with Crippen molar-refractivity contribution in [3.05, 3.63) is 64.2 Å². The number of nitrogens with zero attached hydrogens (tertiary/aromatic N) is 1. The summed E-state index contributed by atoms with van der Waals surface area (Å²) in [5.41, 5.74) is 7.23. The second-order valence-electron chi connectivity index (χ2n) is 7.24. The van der Waals surface area contributed by atoms with Crippen LogP contribution in [0.15, 0.2) is 42.5 Å². The van der Waals surface area contributed by atoms with Crippen molar-refractivity contribution in [2.75, 3.05) is 18.1 Å². The largest absolute Gasteiger partial charge is 0.455 e. The molecule has 1 fully saturated rings. The first-order valence-electron chi connectivity index (χ1n) is 9.65. The Labute approximate surface area is 184 Å². The molecule has 1 heterocycles. The van der Waals surface area contributed by atoms with E-state index in [2.05, 4.69) is 10.9 Å². The van der Waals surface area contributed by atoms with E-state index in [-0.39, 0.29) is 29.5 Å². The highest BCUT2D eigenvalue weighted by molar-refractivity contribution is 6.33. The zero-order valence-electron chi connectivity index (χ0n) is 17.1. The minimum atomic E-state index is -0.718. The number of aryl methyl sites for hydroxylation is 2. The zero-order valence-corrected chi connectivity index (χ0v) is 17.9. The van der Waals surface area contributed by atoms with E-state index in [1.807, 2.05) is 32.0 Å². The van der Waals surface area contributed by atoms with Crippen molar-refractivity contribution in [2.45, 2.75) is 20.3 Å². The van der Waals surface area contributed by atoms with E-state index < -0.39 is 30.3 Å². The molecule has 8 nitrogen and oxygen atoms in total. The molecule has 9 heteroatoms. The number of halogens is 1. The van der Waals surface area contributed by atoms with Crippen molar-refractivity contribution in [1.29, 1.82) is 0 Å². The molecular weight excluding hydrogens is 422 g/mol. The van der Waals surface area contributed by atoms with Crippen molar-refractivity contribution in [1.82, 2.24) is 10.9 Å². The third kappa shape index (κ3) is 5.21. The van der Waals surface area contributed by atoms with E-state index in [4.69, 9.17) is 16.3 Å². The lowest BCUT2D eigenvalue weighted by Crippen LogP contribution is -2.44. The topological polar surface area (TPSA) is 105 Å². The average Bonchev–Trinajstić information content (AvgIpc) is 3.12. The van der Waals surface area contributed by atoms with Gasteiger partial charge in [0.15, 0.2) is 6.61 Å². The van der Waals surface area contributed by atoms with Gasteiger partial charge in [0.1, 0.15) is 0 Å². The van der Waals surface area contributed by atoms with Gasteiger partial charge < -0.3 is 9.64 Å². The Morgan fingerprint density at radius 3 is 2.42 bits per heavy atom. The summed E-state index contributed by atoms with van der Waals surface area (Å²) in [5, 5.41) is 0.236. The van der Waals surface area contributed by atoms with Crippen LogP contribution in [0.25, 0.3) is 0 Å². The van der Waals surface area contributed by atoms with Crippen LogP contribution in [0.4, 0.5) is 5.69 Å². The molecule has 3 amide bonds. The molecule has 0 saturated carbocycles. The predicted molar refractivity (Wildman–Crippen MR) is 114 cm³/mol. The van der Waals surface area contributed by atoms with E-state index >= 15 is 0 Å². The van der Waals surface area contributed by atoms with Crippen molar-refractivity contribution < 1.29 is 23.9 Å². The normalized spacial score (nSPS) is 15.5. The predicted octanol–water partition coefficient (Wildman–Crippen LogP) is 2.31. The lowest BCUT2D eigenvalue weighted by molar-refractivity contribution is -0.152. The number of hydrazine groups is 1. The lowest BCUT2D eigenvalue weighted by Gasteiger charge is -2.21. The molecule has 2 N–H and O–H groups in total. The van der Waals surface area contributed by atoms with Crippen LogP contribution in [0.3, 0.4) is 0 Å². The molecule has 0 bridgehead atoms. The highest BCUT2D eigenvalue weighted by atomic mass is 35.5. The summed E-state index contributed by atoms with van der Waals surface area (Å²) in [6, 6.07) is 12.1. The van der Waals surface area contributed by atoms with Gasteiger partial charge in [-0.25, -0.2) is 0 Å². The van der Waals surface area contributed by atoms with Crippen LogP contribution in [0, 0.1) is 19.8 Å². The highest BCUT2D eigenvalue weighted by Crippen LogP contribution is 2.31. The van der Waals surface area contributed by atoms with E-state index in [9.17, 15) is 19.2 Å². The van der Waals surface area contributed by atoms with Gasteiger partial charge in [-0.3, -0.25) is 30.0 Å². The summed E-state index contributed by atoms with van der Waals surface area (Å²) < 4.78 is 5.04. The Morgan fingerprint density at radius 1 is 1.06 bits per heavy atom. The number of esters is 1. The summed E-state index contributed by atoms with van der Waals surface area (Å²) in [5.74, 6) is -2.80. The lowest BCUT2D eigenvalue weighted by atomic mass is 10.1. The molecule has 0 spiro atoms. The monoisotopic (exact) mass is 443 g/mol. The number of nitrogens with one attached hydrogen (secondary N) is 2. The second-order valence-corrected chi connectivity index (χ2v) is 7.64. The van der Waals surface area contributed by atoms with Crippen LogP contribution in [0.1, 0.15) is 27.9 Å². The van der Waals surface area contributed by atoms with Crippen LogP contribution < -0.4 is 15.8 Å². The van der Waals surface area contributed by atoms with E-state index in [0.717, 1.165) is 16.8 Å². The molecule has 1 aliphatic heterocycles. The van der Waals surface area contributed by atoms with Gasteiger partial charge in [-0.1, -0.05) is 41.9 Å². The van der Waals surface area contributed by atoms with Gasteiger partial charge in [-0.15, -0.1) is 0 Å². The summed E-state index contributed by atoms with van der Waals surface area (Å²) in [4.78, 5) is 50.3. The number of hydrogen-bond donors (Lipinski definition) is 2. The number of para-hydroxylation sites is 1. The van der Waals surface area contributed by atoms with E-state index in [1.54, 1.807) is 23.1 Å². The van der Waals surface area contributed by atoms with Gasteiger partial charge in [0.05, 0.1) is 16.5 Å². The quantitative estimate of drug-likeness (QED) is 0.545. The summed E-state index contributed by atoms with van der Waals surface area (Å²) in [7, 11) is 0. The minimum Gasteiger partial charge on any atom is -0.455 e. The first-order valence-corrected chi connectivity index (χ1v) is 10.0. The Hall–Kier alpha value is -3.39. The van der Waals surface area contributed by atoms with Gasteiger partial charge in [0.25, 0.3) is 11.8 Å². The Balaban J connectivity index is 1.50. The second kappa shape index (κ2) is 9.61. The molecular formula is C22H22ClN3O5. The number of carbonyl (C=O) groups is 4. The molecule has 0 unspecified atom stereocenters. The Kier molecular flexibility index (Phi) is 6.91. The Morgan fingerprint density at radius 2 is 1.74 bits per heavy atom. The standard InChI is InChI=1S/C22H22ClN3O5/c1-13-6-5-7-14(2)20(13)26-11-15(10-19(26)28)22(30)31-12-18(27)24-25-21(29)16-8-3-4-9-17(16)23/h3-9,15H,10-12H2,1-2H3,(H,24,27)(H,25,29)/t15-/m1/s1. The average molecular weight is 444 g/mol. The SMILES string of the molecule is Cc1cccc(C)c1N1C[C@H](C(=O)OCC(=O)NNC(=O)c2ccccc2Cl)CC1=O. The fourth-order valence-corrected chi connectivity index (χ4v) is 3.66. The number of hydrogen-bond acceptors (Lipinski definition) is 5. The van der Waals surface area contributed by atoms with Gasteiger partial charge in [0.2, 0.25) is 5.91 Å². The maximum absolute atomic E-state index is 12.5. The maximum atomic E-state index is 12.5. The summed E-state index contributed by atoms with van der Waals surface area (Å²) in [6.07, 6.45) is 0.0114. The van der Waals surface area contributed by atoms with Gasteiger partial charge >= 0.3 is 5.97 Å². The fraction of sp³-hybridized carbons (Fsp3) is 0.273. The molecule has 2 aromatic carbocycles.